The first-order chi connectivity index (χ1) is 17.8. The van der Waals surface area contributed by atoms with Gasteiger partial charge in [-0.1, -0.05) is 50.0 Å². The highest BCUT2D eigenvalue weighted by Gasteiger charge is 2.48. The van der Waals surface area contributed by atoms with E-state index < -0.39 is 14.2 Å². The van der Waals surface area contributed by atoms with Crippen LogP contribution in [0.15, 0.2) is 47.1 Å². The van der Waals surface area contributed by atoms with Gasteiger partial charge in [0.25, 0.3) is 0 Å². The summed E-state index contributed by atoms with van der Waals surface area (Å²) in [7, 11) is -1.21. The summed E-state index contributed by atoms with van der Waals surface area (Å²) in [6, 6.07) is 14.5. The Morgan fingerprint density at radius 3 is 2.43 bits per heavy atom. The molecule has 198 valence electrons. The Balaban J connectivity index is 1.43. The molecule has 2 aromatic heterocycles. The van der Waals surface area contributed by atoms with Crippen molar-refractivity contribution < 1.29 is 14.3 Å². The summed E-state index contributed by atoms with van der Waals surface area (Å²) < 4.78 is 14.7. The maximum Gasteiger partial charge on any atom is 0.408 e. The van der Waals surface area contributed by atoms with E-state index in [4.69, 9.17) is 19.4 Å². The van der Waals surface area contributed by atoms with Crippen LogP contribution in [0.4, 0.5) is 4.79 Å². The molecule has 0 saturated heterocycles. The number of hydrogen-bond acceptors (Lipinski definition) is 5. The van der Waals surface area contributed by atoms with Crippen LogP contribution in [-0.4, -0.2) is 35.3 Å². The zero-order valence-corrected chi connectivity index (χ0v) is 24.5. The van der Waals surface area contributed by atoms with Crippen molar-refractivity contribution >= 4 is 41.3 Å². The van der Waals surface area contributed by atoms with Gasteiger partial charge in [-0.2, -0.15) is 0 Å². The number of pyridine rings is 1. The Morgan fingerprint density at radius 2 is 1.78 bits per heavy atom. The van der Waals surface area contributed by atoms with Crippen molar-refractivity contribution in [3.05, 3.63) is 58.5 Å². The summed E-state index contributed by atoms with van der Waals surface area (Å²) in [5.41, 5.74) is 2.54. The van der Waals surface area contributed by atoms with Gasteiger partial charge in [0.2, 0.25) is 0 Å². The van der Waals surface area contributed by atoms with Gasteiger partial charge in [-0.3, -0.25) is 4.57 Å². The van der Waals surface area contributed by atoms with Gasteiger partial charge in [-0.25, -0.2) is 14.8 Å². The van der Waals surface area contributed by atoms with Crippen LogP contribution >= 0.6 is 15.9 Å². The molecule has 2 aliphatic rings. The molecule has 2 heterocycles. The van der Waals surface area contributed by atoms with Crippen LogP contribution < -0.4 is 5.32 Å². The first-order valence-corrected chi connectivity index (χ1v) is 17.9. The third kappa shape index (κ3) is 7.00. The molecule has 2 fully saturated rings. The van der Waals surface area contributed by atoms with Crippen molar-refractivity contribution in [3.63, 3.8) is 0 Å². The van der Waals surface area contributed by atoms with Crippen LogP contribution in [0.5, 0.6) is 0 Å². The van der Waals surface area contributed by atoms with Gasteiger partial charge in [0.05, 0.1) is 6.04 Å². The average Bonchev–Trinajstić information content (AvgIpc) is 3.80. The van der Waals surface area contributed by atoms with Crippen LogP contribution in [0, 0.1) is 17.8 Å². The Bertz CT molecular complexity index is 1210. The molecule has 2 aliphatic carbocycles. The number of halogens is 1. The summed E-state index contributed by atoms with van der Waals surface area (Å²) in [6.45, 7) is 8.35. The number of benzene rings is 1. The van der Waals surface area contributed by atoms with Crippen molar-refractivity contribution in [2.75, 3.05) is 6.61 Å². The van der Waals surface area contributed by atoms with Crippen molar-refractivity contribution in [2.45, 2.75) is 70.7 Å². The largest absolute Gasteiger partial charge is 0.445 e. The molecular weight excluding hydrogens is 548 g/mol. The van der Waals surface area contributed by atoms with E-state index in [2.05, 4.69) is 45.5 Å². The Morgan fingerprint density at radius 1 is 1.08 bits per heavy atom. The van der Waals surface area contributed by atoms with Crippen LogP contribution in [0.3, 0.4) is 0 Å². The number of nitrogens with one attached hydrogen (secondary N) is 1. The second-order valence-electron chi connectivity index (χ2n) is 11.7. The highest BCUT2D eigenvalue weighted by atomic mass is 79.9. The Kier molecular flexibility index (Phi) is 8.02. The number of carbonyl (C=O) groups excluding carboxylic acids is 1. The summed E-state index contributed by atoms with van der Waals surface area (Å²) in [5, 5.41) is 3.24. The predicted octanol–water partition coefficient (Wildman–Crippen LogP) is 6.91. The van der Waals surface area contributed by atoms with Crippen LogP contribution in [0.2, 0.25) is 25.7 Å². The molecule has 0 spiro atoms. The lowest BCUT2D eigenvalue weighted by atomic mass is 9.89. The van der Waals surface area contributed by atoms with Crippen molar-refractivity contribution in [2.24, 2.45) is 17.8 Å². The number of amides is 1. The number of fused-ring (bicyclic) bond motifs is 1. The van der Waals surface area contributed by atoms with E-state index >= 15 is 0 Å². The first-order valence-electron chi connectivity index (χ1n) is 13.4. The Labute approximate surface area is 228 Å². The Hall–Kier alpha value is -2.23. The lowest BCUT2D eigenvalue weighted by molar-refractivity contribution is 0.0830. The van der Waals surface area contributed by atoms with Crippen molar-refractivity contribution in [3.8, 4) is 0 Å². The first kappa shape index (κ1) is 26.4. The molecule has 1 aromatic carbocycles. The standard InChI is InChI=1S/C28H37BrN4O3Si/c1-37(2,3)16-15-35-18-33-26-22(13-14-23(29)31-26)30-27(33)25(24(20-9-10-20)21-11-12-21)32-28(34)36-17-19-7-5-4-6-8-19/h4-8,13-14,20-21,24-25H,9-12,15-18H2,1-3H3,(H,32,34). The number of nitrogens with zero attached hydrogens (tertiary/aromatic N) is 3. The number of alkyl carbamates (subject to hydrolysis) is 1. The molecule has 3 aromatic rings. The molecule has 5 rings (SSSR count). The van der Waals surface area contributed by atoms with E-state index in [0.29, 0.717) is 31.1 Å². The molecule has 7 nitrogen and oxygen atoms in total. The minimum Gasteiger partial charge on any atom is -0.445 e. The quantitative estimate of drug-likeness (QED) is 0.142. The van der Waals surface area contributed by atoms with Gasteiger partial charge >= 0.3 is 6.09 Å². The van der Waals surface area contributed by atoms with Gasteiger partial charge in [0, 0.05) is 14.7 Å². The highest BCUT2D eigenvalue weighted by Crippen LogP contribution is 2.54. The third-order valence-corrected chi connectivity index (χ3v) is 9.43. The molecule has 1 amide bonds. The van der Waals surface area contributed by atoms with E-state index in [1.54, 1.807) is 0 Å². The molecule has 1 unspecified atom stereocenters. The van der Waals surface area contributed by atoms with E-state index in [-0.39, 0.29) is 12.6 Å². The average molecular weight is 586 g/mol. The van der Waals surface area contributed by atoms with Gasteiger partial charge in [0.1, 0.15) is 29.3 Å². The number of hydrogen-bond donors (Lipinski definition) is 1. The molecule has 37 heavy (non-hydrogen) atoms. The fraction of sp³-hybridized carbons (Fsp3) is 0.536. The van der Waals surface area contributed by atoms with Crippen molar-refractivity contribution in [1.82, 2.24) is 19.9 Å². The summed E-state index contributed by atoms with van der Waals surface area (Å²) >= 11 is 3.52. The van der Waals surface area contributed by atoms with E-state index in [9.17, 15) is 4.79 Å². The lowest BCUT2D eigenvalue weighted by Crippen LogP contribution is -2.37. The fourth-order valence-electron chi connectivity index (χ4n) is 5.01. The van der Waals surface area contributed by atoms with E-state index in [0.717, 1.165) is 33.2 Å². The minimum absolute atomic E-state index is 0.238. The molecule has 0 bridgehead atoms. The molecule has 1 N–H and O–H groups in total. The highest BCUT2D eigenvalue weighted by molar-refractivity contribution is 9.10. The molecule has 2 saturated carbocycles. The molecular formula is C28H37BrN4O3Si. The van der Waals surface area contributed by atoms with Crippen LogP contribution in [-0.2, 0) is 22.8 Å². The smallest absolute Gasteiger partial charge is 0.408 e. The normalized spacial score (nSPS) is 16.8. The zero-order valence-electron chi connectivity index (χ0n) is 22.0. The number of ether oxygens (including phenoxy) is 2. The molecule has 1 atom stereocenters. The summed E-state index contributed by atoms with van der Waals surface area (Å²) in [6.07, 6.45) is 4.40. The molecule has 9 heteroatoms. The number of aromatic nitrogens is 3. The number of carbonyl (C=O) groups is 1. The SMILES string of the molecule is C[Si](C)(C)CCOCn1c(C(NC(=O)OCc2ccccc2)C(C2CC2)C2CC2)nc2ccc(Br)nc21. The summed E-state index contributed by atoms with van der Waals surface area (Å²) in [5.74, 6) is 2.36. The topological polar surface area (TPSA) is 78.3 Å². The predicted molar refractivity (Wildman–Crippen MR) is 151 cm³/mol. The minimum atomic E-state index is -1.21. The second kappa shape index (κ2) is 11.3. The molecule has 0 radical (unpaired) electrons. The lowest BCUT2D eigenvalue weighted by Gasteiger charge is -2.28. The van der Waals surface area contributed by atoms with Crippen LogP contribution in [0.25, 0.3) is 11.2 Å². The fourth-order valence-corrected chi connectivity index (χ4v) is 6.07. The van der Waals surface area contributed by atoms with E-state index in [1.807, 2.05) is 42.5 Å². The van der Waals surface area contributed by atoms with Crippen LogP contribution in [0.1, 0.15) is 43.1 Å². The maximum atomic E-state index is 13.1. The van der Waals surface area contributed by atoms with Gasteiger partial charge in [-0.05, 0) is 83.1 Å². The second-order valence-corrected chi connectivity index (χ2v) is 18.1. The number of imidazole rings is 1. The maximum absolute atomic E-state index is 13.1. The van der Waals surface area contributed by atoms with Gasteiger partial charge < -0.3 is 14.8 Å². The van der Waals surface area contributed by atoms with Crippen molar-refractivity contribution in [1.29, 1.82) is 0 Å². The molecule has 0 aliphatic heterocycles. The van der Waals surface area contributed by atoms with Gasteiger partial charge in [0.15, 0.2) is 5.65 Å². The van der Waals surface area contributed by atoms with Gasteiger partial charge in [-0.15, -0.1) is 0 Å². The third-order valence-electron chi connectivity index (χ3n) is 7.29. The van der Waals surface area contributed by atoms with E-state index in [1.165, 1.54) is 25.7 Å². The monoisotopic (exact) mass is 584 g/mol. The number of rotatable bonds is 12. The zero-order chi connectivity index (χ0) is 26.0. The summed E-state index contributed by atoms with van der Waals surface area (Å²) in [4.78, 5) is 22.9.